The molecule has 3 fully saturated rings. The zero-order valence-electron chi connectivity index (χ0n) is 10.6. The minimum Gasteiger partial charge on any atom is -0.0484 e. The van der Waals surface area contributed by atoms with Gasteiger partial charge in [-0.2, -0.15) is 0 Å². The van der Waals surface area contributed by atoms with Gasteiger partial charge in [0.1, 0.15) is 15.7 Å². The van der Waals surface area contributed by atoms with Crippen LogP contribution in [0.25, 0.3) is 0 Å². The van der Waals surface area contributed by atoms with Gasteiger partial charge in [0.2, 0.25) is 0 Å². The van der Waals surface area contributed by atoms with E-state index < -0.39 is 0 Å². The Balaban J connectivity index is 1.70. The second kappa shape index (κ2) is 5.33. The maximum atomic E-state index is 1.59. The van der Waals surface area contributed by atoms with Crippen molar-refractivity contribution in [2.24, 2.45) is 0 Å². The van der Waals surface area contributed by atoms with Crippen LogP contribution in [0.4, 0.5) is 0 Å². The predicted molar refractivity (Wildman–Crippen MR) is 74.1 cm³/mol. The highest BCUT2D eigenvalue weighted by Gasteiger charge is 2.46. The lowest BCUT2D eigenvalue weighted by atomic mass is 10.3. The molecule has 0 N–H and O–H groups in total. The van der Waals surface area contributed by atoms with E-state index in [0.29, 0.717) is 0 Å². The Labute approximate surface area is 104 Å². The Morgan fingerprint density at radius 3 is 0.938 bits per heavy atom. The Morgan fingerprint density at radius 2 is 0.688 bits per heavy atom. The summed E-state index contributed by atoms with van der Waals surface area (Å²) in [6.45, 7) is 0. The van der Waals surface area contributed by atoms with Crippen molar-refractivity contribution in [1.82, 2.24) is 0 Å². The van der Waals surface area contributed by atoms with Gasteiger partial charge in [0.15, 0.2) is 0 Å². The van der Waals surface area contributed by atoms with Crippen LogP contribution in [0.2, 0.25) is 0 Å². The standard InChI is InChI=1S/C15H27S/c1-2-8-13(7-1)16(14-9-3-4-10-14)15-11-5-6-12-15/h13-15H,1-12H2/q+1. The maximum absolute atomic E-state index is 1.59. The van der Waals surface area contributed by atoms with Crippen LogP contribution in [-0.4, -0.2) is 15.7 Å². The summed E-state index contributed by atoms with van der Waals surface area (Å²) in [6, 6.07) is 0. The SMILES string of the molecule is C1CCC([S+](C2CCCC2)C2CCCC2)C1. The molecule has 0 aliphatic heterocycles. The molecule has 0 bridgehead atoms. The molecule has 0 spiro atoms. The fourth-order valence-corrected chi connectivity index (χ4v) is 8.56. The van der Waals surface area contributed by atoms with Crippen LogP contribution in [0.1, 0.15) is 77.0 Å². The molecule has 3 rings (SSSR count). The molecule has 0 heterocycles. The number of hydrogen-bond acceptors (Lipinski definition) is 0. The van der Waals surface area contributed by atoms with Gasteiger partial charge in [-0.3, -0.25) is 0 Å². The van der Waals surface area contributed by atoms with E-state index in [1.807, 2.05) is 0 Å². The molecule has 0 radical (unpaired) electrons. The molecule has 3 aliphatic rings. The zero-order valence-corrected chi connectivity index (χ0v) is 11.4. The third-order valence-electron chi connectivity index (χ3n) is 5.06. The lowest BCUT2D eigenvalue weighted by Gasteiger charge is -2.25. The van der Waals surface area contributed by atoms with Crippen molar-refractivity contribution in [3.63, 3.8) is 0 Å². The van der Waals surface area contributed by atoms with Crippen LogP contribution in [0, 0.1) is 0 Å². The molecule has 16 heavy (non-hydrogen) atoms. The van der Waals surface area contributed by atoms with Crippen molar-refractivity contribution >= 4 is 10.9 Å². The van der Waals surface area contributed by atoms with E-state index >= 15 is 0 Å². The topological polar surface area (TPSA) is 0 Å². The van der Waals surface area contributed by atoms with Crippen molar-refractivity contribution in [1.29, 1.82) is 0 Å². The molecule has 92 valence electrons. The van der Waals surface area contributed by atoms with Crippen molar-refractivity contribution in [3.8, 4) is 0 Å². The van der Waals surface area contributed by atoms with E-state index in [9.17, 15) is 0 Å². The van der Waals surface area contributed by atoms with Gasteiger partial charge in [-0.1, -0.05) is 0 Å². The lowest BCUT2D eigenvalue weighted by molar-refractivity contribution is 0.790. The Bertz CT molecular complexity index is 169. The molecule has 0 saturated heterocycles. The molecule has 0 unspecified atom stereocenters. The normalized spacial score (nSPS) is 29.8. The summed E-state index contributed by atoms with van der Waals surface area (Å²) in [7, 11) is 0.850. The van der Waals surface area contributed by atoms with Crippen LogP contribution in [0.15, 0.2) is 0 Å². The van der Waals surface area contributed by atoms with Gasteiger partial charge in [0.05, 0.1) is 0 Å². The number of hydrogen-bond donors (Lipinski definition) is 0. The van der Waals surface area contributed by atoms with Crippen LogP contribution in [0.5, 0.6) is 0 Å². The summed E-state index contributed by atoms with van der Waals surface area (Å²) in [5.41, 5.74) is 0. The largest absolute Gasteiger partial charge is 0.118 e. The fourth-order valence-electron chi connectivity index (χ4n) is 4.30. The number of rotatable bonds is 3. The van der Waals surface area contributed by atoms with Crippen molar-refractivity contribution in [2.75, 3.05) is 0 Å². The molecule has 3 saturated carbocycles. The average Bonchev–Trinajstić information content (AvgIpc) is 3.02. The first kappa shape index (κ1) is 11.4. The highest BCUT2D eigenvalue weighted by molar-refractivity contribution is 7.98. The molecule has 3 aliphatic carbocycles. The van der Waals surface area contributed by atoms with Crippen molar-refractivity contribution < 1.29 is 0 Å². The second-order valence-electron chi connectivity index (χ2n) is 6.13. The Kier molecular flexibility index (Phi) is 3.81. The van der Waals surface area contributed by atoms with Gasteiger partial charge in [-0.25, -0.2) is 0 Å². The third kappa shape index (κ3) is 2.30. The smallest absolute Gasteiger partial charge is 0.0484 e. The second-order valence-corrected chi connectivity index (χ2v) is 8.94. The molecular formula is C15H27S+. The molecule has 0 aromatic rings. The van der Waals surface area contributed by atoms with Crippen LogP contribution in [-0.2, 0) is 10.9 Å². The quantitative estimate of drug-likeness (QED) is 0.639. The molecule has 0 nitrogen and oxygen atoms in total. The first-order chi connectivity index (χ1) is 7.95. The maximum Gasteiger partial charge on any atom is 0.118 e. The highest BCUT2D eigenvalue weighted by Crippen LogP contribution is 2.42. The predicted octanol–water partition coefficient (Wildman–Crippen LogP) is 4.43. The molecule has 0 aromatic heterocycles. The highest BCUT2D eigenvalue weighted by atomic mass is 32.2. The summed E-state index contributed by atoms with van der Waals surface area (Å²) >= 11 is 0. The van der Waals surface area contributed by atoms with Crippen molar-refractivity contribution in [2.45, 2.75) is 92.8 Å². The lowest BCUT2D eigenvalue weighted by Crippen LogP contribution is -2.37. The Morgan fingerprint density at radius 1 is 0.438 bits per heavy atom. The van der Waals surface area contributed by atoms with Crippen molar-refractivity contribution in [3.05, 3.63) is 0 Å². The minimum atomic E-state index is 0.850. The summed E-state index contributed by atoms with van der Waals surface area (Å²) < 4.78 is 0. The van der Waals surface area contributed by atoms with E-state index in [-0.39, 0.29) is 0 Å². The van der Waals surface area contributed by atoms with E-state index in [2.05, 4.69) is 0 Å². The summed E-state index contributed by atoms with van der Waals surface area (Å²) in [6.07, 6.45) is 18.9. The van der Waals surface area contributed by atoms with Crippen LogP contribution in [0.3, 0.4) is 0 Å². The minimum absolute atomic E-state index is 0.850. The van der Waals surface area contributed by atoms with E-state index in [1.54, 1.807) is 77.0 Å². The molecule has 0 aromatic carbocycles. The average molecular weight is 239 g/mol. The summed E-state index contributed by atoms with van der Waals surface area (Å²) in [5, 5.41) is 3.52. The fraction of sp³-hybridized carbons (Fsp3) is 1.00. The molecular weight excluding hydrogens is 212 g/mol. The summed E-state index contributed by atoms with van der Waals surface area (Å²) in [5.74, 6) is 0. The van der Waals surface area contributed by atoms with Gasteiger partial charge in [-0.05, 0) is 87.9 Å². The third-order valence-corrected chi connectivity index (χ3v) is 8.78. The van der Waals surface area contributed by atoms with Crippen LogP contribution >= 0.6 is 0 Å². The Hall–Kier alpha value is 0.350. The monoisotopic (exact) mass is 239 g/mol. The molecule has 0 amide bonds. The van der Waals surface area contributed by atoms with Gasteiger partial charge < -0.3 is 0 Å². The van der Waals surface area contributed by atoms with Gasteiger partial charge in [0.25, 0.3) is 0 Å². The zero-order chi connectivity index (χ0) is 10.8. The summed E-state index contributed by atoms with van der Waals surface area (Å²) in [4.78, 5) is 0. The van der Waals surface area contributed by atoms with E-state index in [1.165, 1.54) is 15.7 Å². The first-order valence-corrected chi connectivity index (χ1v) is 9.07. The van der Waals surface area contributed by atoms with E-state index in [4.69, 9.17) is 0 Å². The first-order valence-electron chi connectivity index (χ1n) is 7.66. The van der Waals surface area contributed by atoms with E-state index in [0.717, 1.165) is 10.9 Å². The van der Waals surface area contributed by atoms with Crippen LogP contribution < -0.4 is 0 Å². The molecule has 1 heteroatoms. The van der Waals surface area contributed by atoms with Gasteiger partial charge >= 0.3 is 0 Å². The van der Waals surface area contributed by atoms with Gasteiger partial charge in [-0.15, -0.1) is 0 Å². The molecule has 0 atom stereocenters. The van der Waals surface area contributed by atoms with Gasteiger partial charge in [0, 0.05) is 0 Å².